The number of fused-ring (bicyclic) bond motifs is 1. The SMILES string of the molecule is CC(C)(C)[C@H](NC(=O)CC1CNc2ccccc21)C(=O)O. The molecule has 1 heterocycles. The van der Waals surface area contributed by atoms with Crippen LogP contribution in [0.2, 0.25) is 0 Å². The van der Waals surface area contributed by atoms with Gasteiger partial charge in [0.05, 0.1) is 0 Å². The molecule has 0 aromatic heterocycles. The van der Waals surface area contributed by atoms with Crippen molar-refractivity contribution in [2.75, 3.05) is 11.9 Å². The molecule has 1 unspecified atom stereocenters. The molecule has 1 amide bonds. The number of hydrogen-bond donors (Lipinski definition) is 3. The van der Waals surface area contributed by atoms with Crippen molar-refractivity contribution in [3.05, 3.63) is 29.8 Å². The maximum atomic E-state index is 12.2. The van der Waals surface area contributed by atoms with Gasteiger partial charge < -0.3 is 15.7 Å². The Morgan fingerprint density at radius 3 is 2.67 bits per heavy atom. The number of rotatable bonds is 4. The van der Waals surface area contributed by atoms with Gasteiger partial charge in [-0.25, -0.2) is 4.79 Å². The number of benzene rings is 1. The fourth-order valence-corrected chi connectivity index (χ4v) is 2.63. The zero-order chi connectivity index (χ0) is 15.6. The quantitative estimate of drug-likeness (QED) is 0.794. The summed E-state index contributed by atoms with van der Waals surface area (Å²) in [5.74, 6) is -1.13. The minimum absolute atomic E-state index is 0.0932. The molecule has 1 aromatic rings. The van der Waals surface area contributed by atoms with Gasteiger partial charge in [-0.15, -0.1) is 0 Å². The third-order valence-electron chi connectivity index (χ3n) is 3.79. The van der Waals surface area contributed by atoms with Gasteiger partial charge in [-0.2, -0.15) is 0 Å². The Kier molecular flexibility index (Phi) is 4.21. The van der Waals surface area contributed by atoms with Crippen LogP contribution in [0.4, 0.5) is 5.69 Å². The molecular formula is C16H22N2O3. The Labute approximate surface area is 124 Å². The van der Waals surface area contributed by atoms with E-state index in [1.165, 1.54) is 0 Å². The maximum Gasteiger partial charge on any atom is 0.326 e. The molecule has 5 heteroatoms. The largest absolute Gasteiger partial charge is 0.480 e. The van der Waals surface area contributed by atoms with Crippen LogP contribution in [0.3, 0.4) is 0 Å². The van der Waals surface area contributed by atoms with Crippen molar-refractivity contribution in [3.8, 4) is 0 Å². The Bertz CT molecular complexity index is 549. The number of aliphatic carboxylic acids is 1. The standard InChI is InChI=1S/C16H22N2O3/c1-16(2,3)14(15(20)21)18-13(19)8-10-9-17-12-7-5-4-6-11(10)12/h4-7,10,14,17H,8-9H2,1-3H3,(H,18,19)(H,20,21)/t10?,14-/m1/s1. The van der Waals surface area contributed by atoms with Crippen LogP contribution in [0.15, 0.2) is 24.3 Å². The highest BCUT2D eigenvalue weighted by Gasteiger charge is 2.33. The van der Waals surface area contributed by atoms with Crippen molar-refractivity contribution in [1.29, 1.82) is 0 Å². The number of amides is 1. The molecule has 1 aromatic carbocycles. The minimum Gasteiger partial charge on any atom is -0.480 e. The lowest BCUT2D eigenvalue weighted by molar-refractivity contribution is -0.145. The van der Waals surface area contributed by atoms with Crippen LogP contribution in [0.1, 0.15) is 38.7 Å². The Morgan fingerprint density at radius 1 is 1.38 bits per heavy atom. The number of carboxylic acid groups (broad SMARTS) is 1. The van der Waals surface area contributed by atoms with E-state index in [1.807, 2.05) is 24.3 Å². The zero-order valence-electron chi connectivity index (χ0n) is 12.6. The van der Waals surface area contributed by atoms with Crippen LogP contribution in [0.5, 0.6) is 0 Å². The molecule has 1 aliphatic heterocycles. The number of anilines is 1. The van der Waals surface area contributed by atoms with Crippen molar-refractivity contribution in [2.45, 2.75) is 39.2 Å². The zero-order valence-corrected chi connectivity index (χ0v) is 12.6. The first-order valence-electron chi connectivity index (χ1n) is 7.14. The van der Waals surface area contributed by atoms with E-state index in [4.69, 9.17) is 0 Å². The highest BCUT2D eigenvalue weighted by molar-refractivity contribution is 5.85. The number of nitrogens with one attached hydrogen (secondary N) is 2. The Balaban J connectivity index is 2.01. The molecule has 3 N–H and O–H groups in total. The Morgan fingerprint density at radius 2 is 2.05 bits per heavy atom. The van der Waals surface area contributed by atoms with Crippen molar-refractivity contribution < 1.29 is 14.7 Å². The Hall–Kier alpha value is -2.04. The highest BCUT2D eigenvalue weighted by Crippen LogP contribution is 2.33. The molecular weight excluding hydrogens is 268 g/mol. The second-order valence-electron chi connectivity index (χ2n) is 6.57. The van der Waals surface area contributed by atoms with Gasteiger partial charge in [0.25, 0.3) is 0 Å². The smallest absolute Gasteiger partial charge is 0.326 e. The van der Waals surface area contributed by atoms with E-state index in [1.54, 1.807) is 20.8 Å². The van der Waals surface area contributed by atoms with Crippen molar-refractivity contribution >= 4 is 17.6 Å². The van der Waals surface area contributed by atoms with Gasteiger partial charge in [0.1, 0.15) is 6.04 Å². The lowest BCUT2D eigenvalue weighted by Crippen LogP contribution is -2.49. The van der Waals surface area contributed by atoms with Gasteiger partial charge >= 0.3 is 5.97 Å². The van der Waals surface area contributed by atoms with Gasteiger partial charge in [-0.1, -0.05) is 39.0 Å². The van der Waals surface area contributed by atoms with Crippen LogP contribution in [-0.2, 0) is 9.59 Å². The average Bonchev–Trinajstić information content (AvgIpc) is 2.78. The van der Waals surface area contributed by atoms with E-state index in [0.717, 1.165) is 11.3 Å². The van der Waals surface area contributed by atoms with Crippen molar-refractivity contribution in [3.63, 3.8) is 0 Å². The number of carboxylic acids is 1. The lowest BCUT2D eigenvalue weighted by Gasteiger charge is -2.28. The topological polar surface area (TPSA) is 78.4 Å². The normalized spacial score (nSPS) is 18.5. The molecule has 21 heavy (non-hydrogen) atoms. The van der Waals surface area contributed by atoms with Crippen LogP contribution in [0.25, 0.3) is 0 Å². The summed E-state index contributed by atoms with van der Waals surface area (Å²) in [4.78, 5) is 23.5. The third-order valence-corrected chi connectivity index (χ3v) is 3.79. The molecule has 0 aliphatic carbocycles. The number of hydrogen-bond acceptors (Lipinski definition) is 3. The fraction of sp³-hybridized carbons (Fsp3) is 0.500. The van der Waals surface area contributed by atoms with E-state index in [2.05, 4.69) is 10.6 Å². The molecule has 114 valence electrons. The first-order valence-corrected chi connectivity index (χ1v) is 7.14. The molecule has 2 atom stereocenters. The second-order valence-corrected chi connectivity index (χ2v) is 6.57. The van der Waals surface area contributed by atoms with E-state index in [0.29, 0.717) is 13.0 Å². The molecule has 0 saturated carbocycles. The van der Waals surface area contributed by atoms with Gasteiger partial charge in [0.15, 0.2) is 0 Å². The van der Waals surface area contributed by atoms with E-state index in [-0.39, 0.29) is 11.8 Å². The molecule has 5 nitrogen and oxygen atoms in total. The van der Waals surface area contributed by atoms with Gasteiger partial charge in [-0.3, -0.25) is 4.79 Å². The van der Waals surface area contributed by atoms with Gasteiger partial charge in [0.2, 0.25) is 5.91 Å². The average molecular weight is 290 g/mol. The maximum absolute atomic E-state index is 12.2. The first kappa shape index (κ1) is 15.4. The lowest BCUT2D eigenvalue weighted by atomic mass is 9.86. The fourth-order valence-electron chi connectivity index (χ4n) is 2.63. The van der Waals surface area contributed by atoms with Crippen LogP contribution < -0.4 is 10.6 Å². The number of carbonyl (C=O) groups excluding carboxylic acids is 1. The minimum atomic E-state index is -0.999. The van der Waals surface area contributed by atoms with E-state index < -0.39 is 17.4 Å². The summed E-state index contributed by atoms with van der Waals surface area (Å²) in [5.41, 5.74) is 1.66. The van der Waals surface area contributed by atoms with Crippen LogP contribution >= 0.6 is 0 Å². The molecule has 0 radical (unpaired) electrons. The third kappa shape index (κ3) is 3.54. The summed E-state index contributed by atoms with van der Waals surface area (Å²) in [6.07, 6.45) is 0.296. The van der Waals surface area contributed by atoms with E-state index >= 15 is 0 Å². The second kappa shape index (κ2) is 5.76. The van der Waals surface area contributed by atoms with Crippen molar-refractivity contribution in [1.82, 2.24) is 5.32 Å². The van der Waals surface area contributed by atoms with Crippen LogP contribution in [0, 0.1) is 5.41 Å². The summed E-state index contributed by atoms with van der Waals surface area (Å²) in [5, 5.41) is 15.2. The predicted octanol–water partition coefficient (Wildman–Crippen LogP) is 2.20. The number of para-hydroxylation sites is 1. The highest BCUT2D eigenvalue weighted by atomic mass is 16.4. The molecule has 0 fully saturated rings. The summed E-state index contributed by atoms with van der Waals surface area (Å²) < 4.78 is 0. The van der Waals surface area contributed by atoms with Crippen molar-refractivity contribution in [2.24, 2.45) is 5.41 Å². The van der Waals surface area contributed by atoms with Crippen LogP contribution in [-0.4, -0.2) is 29.6 Å². The summed E-state index contributed by atoms with van der Waals surface area (Å²) >= 11 is 0. The molecule has 0 spiro atoms. The van der Waals surface area contributed by atoms with E-state index in [9.17, 15) is 14.7 Å². The summed E-state index contributed by atoms with van der Waals surface area (Å²) in [7, 11) is 0. The van der Waals surface area contributed by atoms with Gasteiger partial charge in [-0.05, 0) is 17.0 Å². The predicted molar refractivity (Wildman–Crippen MR) is 81.3 cm³/mol. The molecule has 0 bridgehead atoms. The monoisotopic (exact) mass is 290 g/mol. The van der Waals surface area contributed by atoms with Gasteiger partial charge in [0, 0.05) is 24.6 Å². The number of carbonyl (C=O) groups is 2. The summed E-state index contributed by atoms with van der Waals surface area (Å²) in [6, 6.07) is 7.02. The molecule has 1 aliphatic rings. The first-order chi connectivity index (χ1) is 9.79. The summed E-state index contributed by atoms with van der Waals surface area (Å²) in [6.45, 7) is 6.12. The molecule has 2 rings (SSSR count). The molecule has 0 saturated heterocycles.